The van der Waals surface area contributed by atoms with Crippen LogP contribution >= 0.6 is 0 Å². The van der Waals surface area contributed by atoms with E-state index < -0.39 is 0 Å². The summed E-state index contributed by atoms with van der Waals surface area (Å²) >= 11 is 0. The number of rotatable bonds is 6. The Morgan fingerprint density at radius 1 is 1.57 bits per heavy atom. The Kier molecular flexibility index (Phi) is 5.82. The van der Waals surface area contributed by atoms with Gasteiger partial charge in [0.25, 0.3) is 0 Å². The predicted molar refractivity (Wildman–Crippen MR) is 81.0 cm³/mol. The SMILES string of the molecule is COCCC(NC(=O)[C@H]1CCN[C@@H](C)C1)c1ccc(C)o1. The topological polar surface area (TPSA) is 63.5 Å². The van der Waals surface area contributed by atoms with E-state index in [4.69, 9.17) is 9.15 Å². The Labute approximate surface area is 126 Å². The minimum atomic E-state index is -0.114. The average molecular weight is 294 g/mol. The molecule has 0 saturated carbocycles. The molecule has 1 aromatic rings. The van der Waals surface area contributed by atoms with Crippen molar-refractivity contribution in [2.24, 2.45) is 5.92 Å². The normalized spacial score (nSPS) is 23.8. The summed E-state index contributed by atoms with van der Waals surface area (Å²) in [5.74, 6) is 1.87. The third kappa shape index (κ3) is 4.58. The van der Waals surface area contributed by atoms with E-state index >= 15 is 0 Å². The summed E-state index contributed by atoms with van der Waals surface area (Å²) in [6.07, 6.45) is 2.50. The van der Waals surface area contributed by atoms with E-state index in [0.717, 1.165) is 37.3 Å². The molecule has 0 aliphatic carbocycles. The van der Waals surface area contributed by atoms with Gasteiger partial charge >= 0.3 is 0 Å². The highest BCUT2D eigenvalue weighted by Gasteiger charge is 2.27. The van der Waals surface area contributed by atoms with E-state index in [2.05, 4.69) is 17.6 Å². The van der Waals surface area contributed by atoms with Crippen molar-refractivity contribution < 1.29 is 13.9 Å². The lowest BCUT2D eigenvalue weighted by Gasteiger charge is -2.28. The molecule has 0 bridgehead atoms. The lowest BCUT2D eigenvalue weighted by molar-refractivity contribution is -0.127. The molecular weight excluding hydrogens is 268 g/mol. The molecular formula is C16H26N2O3. The maximum Gasteiger partial charge on any atom is 0.223 e. The molecule has 21 heavy (non-hydrogen) atoms. The van der Waals surface area contributed by atoms with Crippen LogP contribution in [-0.2, 0) is 9.53 Å². The highest BCUT2D eigenvalue weighted by Crippen LogP contribution is 2.22. The molecule has 1 unspecified atom stereocenters. The maximum absolute atomic E-state index is 12.5. The monoisotopic (exact) mass is 294 g/mol. The Bertz CT molecular complexity index is 458. The second kappa shape index (κ2) is 7.61. The number of methoxy groups -OCH3 is 1. The van der Waals surface area contributed by atoms with Gasteiger partial charge < -0.3 is 19.8 Å². The molecule has 1 aromatic heterocycles. The summed E-state index contributed by atoms with van der Waals surface area (Å²) in [6, 6.07) is 4.14. The molecule has 1 amide bonds. The fraction of sp³-hybridized carbons (Fsp3) is 0.688. The van der Waals surface area contributed by atoms with Crippen molar-refractivity contribution in [3.05, 3.63) is 23.7 Å². The third-order valence-corrected chi connectivity index (χ3v) is 4.03. The summed E-state index contributed by atoms with van der Waals surface area (Å²) in [4.78, 5) is 12.5. The lowest BCUT2D eigenvalue weighted by Crippen LogP contribution is -2.43. The molecule has 0 aromatic carbocycles. The van der Waals surface area contributed by atoms with Crippen molar-refractivity contribution in [3.8, 4) is 0 Å². The van der Waals surface area contributed by atoms with Gasteiger partial charge in [0, 0.05) is 25.7 Å². The van der Waals surface area contributed by atoms with E-state index in [1.807, 2.05) is 19.1 Å². The van der Waals surface area contributed by atoms with Crippen LogP contribution < -0.4 is 10.6 Å². The summed E-state index contributed by atoms with van der Waals surface area (Å²) in [5, 5.41) is 6.50. The average Bonchev–Trinajstić information content (AvgIpc) is 2.89. The van der Waals surface area contributed by atoms with Crippen LogP contribution in [0.4, 0.5) is 0 Å². The second-order valence-electron chi connectivity index (χ2n) is 5.87. The number of ether oxygens (including phenoxy) is 1. The summed E-state index contributed by atoms with van der Waals surface area (Å²) < 4.78 is 10.8. The molecule has 1 fully saturated rings. The largest absolute Gasteiger partial charge is 0.464 e. The number of nitrogens with one attached hydrogen (secondary N) is 2. The molecule has 1 aliphatic rings. The number of amides is 1. The van der Waals surface area contributed by atoms with E-state index in [1.165, 1.54) is 0 Å². The Balaban J connectivity index is 1.98. The fourth-order valence-electron chi connectivity index (χ4n) is 2.82. The third-order valence-electron chi connectivity index (χ3n) is 4.03. The lowest BCUT2D eigenvalue weighted by atomic mass is 9.92. The first-order valence-corrected chi connectivity index (χ1v) is 7.69. The van der Waals surface area contributed by atoms with Gasteiger partial charge in [-0.25, -0.2) is 0 Å². The number of carbonyl (C=O) groups is 1. The standard InChI is InChI=1S/C16H26N2O3/c1-11-10-13(6-8-17-11)16(19)18-14(7-9-20-3)15-5-4-12(2)21-15/h4-5,11,13-14,17H,6-10H2,1-3H3,(H,18,19)/t11-,13-,14?/m0/s1. The van der Waals surface area contributed by atoms with Crippen LogP contribution in [0.3, 0.4) is 0 Å². The number of piperidine rings is 1. The Morgan fingerprint density at radius 2 is 2.38 bits per heavy atom. The molecule has 3 atom stereocenters. The first-order chi connectivity index (χ1) is 10.1. The first-order valence-electron chi connectivity index (χ1n) is 7.69. The van der Waals surface area contributed by atoms with Crippen LogP contribution in [0, 0.1) is 12.8 Å². The van der Waals surface area contributed by atoms with Gasteiger partial charge in [0.1, 0.15) is 11.5 Å². The van der Waals surface area contributed by atoms with Crippen molar-refractivity contribution >= 4 is 5.91 Å². The first kappa shape index (κ1) is 16.0. The van der Waals surface area contributed by atoms with Crippen molar-refractivity contribution in [2.45, 2.75) is 45.2 Å². The molecule has 118 valence electrons. The highest BCUT2D eigenvalue weighted by atomic mass is 16.5. The number of furan rings is 1. The molecule has 2 heterocycles. The van der Waals surface area contributed by atoms with Crippen molar-refractivity contribution in [1.82, 2.24) is 10.6 Å². The summed E-state index contributed by atoms with van der Waals surface area (Å²) in [6.45, 7) is 5.53. The number of aryl methyl sites for hydroxylation is 1. The molecule has 0 radical (unpaired) electrons. The minimum absolute atomic E-state index is 0.0855. The van der Waals surface area contributed by atoms with Gasteiger partial charge in [-0.15, -0.1) is 0 Å². The molecule has 2 N–H and O–H groups in total. The quantitative estimate of drug-likeness (QED) is 0.844. The summed E-state index contributed by atoms with van der Waals surface area (Å²) in [5.41, 5.74) is 0. The van der Waals surface area contributed by atoms with Crippen molar-refractivity contribution in [3.63, 3.8) is 0 Å². The van der Waals surface area contributed by atoms with Crippen molar-refractivity contribution in [2.75, 3.05) is 20.3 Å². The Morgan fingerprint density at radius 3 is 3.00 bits per heavy atom. The van der Waals surface area contributed by atoms with Gasteiger partial charge in [0.15, 0.2) is 0 Å². The molecule has 1 saturated heterocycles. The number of hydrogen-bond donors (Lipinski definition) is 2. The van der Waals surface area contributed by atoms with Gasteiger partial charge in [-0.1, -0.05) is 0 Å². The van der Waals surface area contributed by atoms with Gasteiger partial charge in [0.2, 0.25) is 5.91 Å². The van der Waals surface area contributed by atoms with E-state index in [-0.39, 0.29) is 17.9 Å². The maximum atomic E-state index is 12.5. The fourth-order valence-corrected chi connectivity index (χ4v) is 2.82. The van der Waals surface area contributed by atoms with E-state index in [9.17, 15) is 4.79 Å². The van der Waals surface area contributed by atoms with Crippen LogP contribution in [0.1, 0.15) is 43.7 Å². The highest BCUT2D eigenvalue weighted by molar-refractivity contribution is 5.79. The second-order valence-corrected chi connectivity index (χ2v) is 5.87. The number of carbonyl (C=O) groups excluding carboxylic acids is 1. The molecule has 2 rings (SSSR count). The van der Waals surface area contributed by atoms with Crippen molar-refractivity contribution in [1.29, 1.82) is 0 Å². The molecule has 0 spiro atoms. The Hall–Kier alpha value is -1.33. The van der Waals surface area contributed by atoms with Gasteiger partial charge in [-0.05, 0) is 51.8 Å². The predicted octanol–water partition coefficient (Wildman–Crippen LogP) is 2.17. The van der Waals surface area contributed by atoms with E-state index in [0.29, 0.717) is 12.6 Å². The molecule has 5 nitrogen and oxygen atoms in total. The zero-order valence-corrected chi connectivity index (χ0v) is 13.1. The van der Waals surface area contributed by atoms with E-state index in [1.54, 1.807) is 7.11 Å². The van der Waals surface area contributed by atoms with Gasteiger partial charge in [-0.2, -0.15) is 0 Å². The molecule has 5 heteroatoms. The minimum Gasteiger partial charge on any atom is -0.464 e. The van der Waals surface area contributed by atoms with Crippen LogP contribution in [0.5, 0.6) is 0 Å². The van der Waals surface area contributed by atoms with Gasteiger partial charge in [0.05, 0.1) is 6.04 Å². The smallest absolute Gasteiger partial charge is 0.223 e. The summed E-state index contributed by atoms with van der Waals surface area (Å²) in [7, 11) is 1.67. The van der Waals surface area contributed by atoms with Crippen LogP contribution in [-0.4, -0.2) is 32.2 Å². The van der Waals surface area contributed by atoms with Crippen LogP contribution in [0.25, 0.3) is 0 Å². The zero-order chi connectivity index (χ0) is 15.2. The van der Waals surface area contributed by atoms with Crippen LogP contribution in [0.2, 0.25) is 0 Å². The molecule has 1 aliphatic heterocycles. The van der Waals surface area contributed by atoms with Crippen LogP contribution in [0.15, 0.2) is 16.5 Å². The van der Waals surface area contributed by atoms with Gasteiger partial charge in [-0.3, -0.25) is 4.79 Å². The zero-order valence-electron chi connectivity index (χ0n) is 13.1. The number of hydrogen-bond acceptors (Lipinski definition) is 4.